The van der Waals surface area contributed by atoms with Gasteiger partial charge in [0.2, 0.25) is 5.91 Å². The molecule has 0 saturated heterocycles. The zero-order valence-corrected chi connectivity index (χ0v) is 12.1. The van der Waals surface area contributed by atoms with Gasteiger partial charge in [-0.3, -0.25) is 4.79 Å². The Kier molecular flexibility index (Phi) is 7.85. The maximum absolute atomic E-state index is 11.6. The Bertz CT molecular complexity index is 197. The average molecular weight is 246 g/mol. The molecule has 0 aliphatic carbocycles. The summed E-state index contributed by atoms with van der Waals surface area (Å²) in [5, 5.41) is 3.28. The number of carbonyl (C=O) groups is 1. The molecule has 1 N–H and O–H groups in total. The van der Waals surface area contributed by atoms with Crippen molar-refractivity contribution in [3.63, 3.8) is 0 Å². The van der Waals surface area contributed by atoms with E-state index in [2.05, 4.69) is 25.4 Å². The molecule has 16 heavy (non-hydrogen) atoms. The number of carbonyl (C=O) groups excluding carboxylic acids is 1. The maximum atomic E-state index is 11.6. The van der Waals surface area contributed by atoms with Crippen molar-refractivity contribution in [3.05, 3.63) is 0 Å². The number of hydrogen-bond acceptors (Lipinski definition) is 3. The molecule has 0 aliphatic rings. The SMILES string of the molecule is CCN(C)C(=O)CNCC(CC)(CC)SC. The lowest BCUT2D eigenvalue weighted by molar-refractivity contribution is -0.128. The predicted molar refractivity (Wildman–Crippen MR) is 73.0 cm³/mol. The third kappa shape index (κ3) is 4.74. The van der Waals surface area contributed by atoms with E-state index in [0.29, 0.717) is 6.54 Å². The minimum atomic E-state index is 0.171. The van der Waals surface area contributed by atoms with Gasteiger partial charge in [0, 0.05) is 24.9 Å². The van der Waals surface area contributed by atoms with E-state index in [1.807, 2.05) is 25.7 Å². The van der Waals surface area contributed by atoms with Gasteiger partial charge in [-0.05, 0) is 26.0 Å². The summed E-state index contributed by atoms with van der Waals surface area (Å²) in [6.07, 6.45) is 4.42. The second kappa shape index (κ2) is 7.96. The van der Waals surface area contributed by atoms with E-state index < -0.39 is 0 Å². The zero-order chi connectivity index (χ0) is 12.6. The molecule has 96 valence electrons. The summed E-state index contributed by atoms with van der Waals surface area (Å²) >= 11 is 1.90. The van der Waals surface area contributed by atoms with Crippen LogP contribution in [0.1, 0.15) is 33.6 Å². The molecule has 0 spiro atoms. The van der Waals surface area contributed by atoms with Crippen molar-refractivity contribution in [3.8, 4) is 0 Å². The smallest absolute Gasteiger partial charge is 0.236 e. The summed E-state index contributed by atoms with van der Waals surface area (Å²) in [5.74, 6) is 0.171. The highest BCUT2D eigenvalue weighted by molar-refractivity contribution is 8.00. The van der Waals surface area contributed by atoms with Crippen LogP contribution in [0.5, 0.6) is 0 Å². The minimum absolute atomic E-state index is 0.171. The summed E-state index contributed by atoms with van der Waals surface area (Å²) in [4.78, 5) is 13.3. The summed E-state index contributed by atoms with van der Waals surface area (Å²) < 4.78 is 0.283. The molecule has 1 amide bonds. The topological polar surface area (TPSA) is 32.3 Å². The van der Waals surface area contributed by atoms with Gasteiger partial charge >= 0.3 is 0 Å². The predicted octanol–water partition coefficient (Wildman–Crippen LogP) is 1.98. The number of amides is 1. The second-order valence-corrected chi connectivity index (χ2v) is 5.38. The molecule has 0 fully saturated rings. The van der Waals surface area contributed by atoms with Crippen molar-refractivity contribution >= 4 is 17.7 Å². The molecule has 0 saturated carbocycles. The Hall–Kier alpha value is -0.220. The monoisotopic (exact) mass is 246 g/mol. The highest BCUT2D eigenvalue weighted by Crippen LogP contribution is 2.29. The van der Waals surface area contributed by atoms with Crippen LogP contribution in [0.25, 0.3) is 0 Å². The number of thioether (sulfide) groups is 1. The molecule has 0 radical (unpaired) electrons. The van der Waals surface area contributed by atoms with E-state index in [4.69, 9.17) is 0 Å². The Balaban J connectivity index is 4.00. The van der Waals surface area contributed by atoms with Gasteiger partial charge in [0.1, 0.15) is 0 Å². The van der Waals surface area contributed by atoms with Crippen molar-refractivity contribution in [1.29, 1.82) is 0 Å². The minimum Gasteiger partial charge on any atom is -0.345 e. The van der Waals surface area contributed by atoms with Crippen molar-refractivity contribution in [2.24, 2.45) is 0 Å². The van der Waals surface area contributed by atoms with E-state index in [0.717, 1.165) is 25.9 Å². The van der Waals surface area contributed by atoms with Crippen LogP contribution in [0.2, 0.25) is 0 Å². The number of nitrogens with zero attached hydrogens (tertiary/aromatic N) is 1. The van der Waals surface area contributed by atoms with Crippen molar-refractivity contribution in [2.45, 2.75) is 38.4 Å². The van der Waals surface area contributed by atoms with E-state index in [1.165, 1.54) is 0 Å². The lowest BCUT2D eigenvalue weighted by atomic mass is 10.0. The highest BCUT2D eigenvalue weighted by atomic mass is 32.2. The first-order valence-corrected chi connectivity index (χ1v) is 7.27. The van der Waals surface area contributed by atoms with Crippen LogP contribution in [-0.4, -0.2) is 48.5 Å². The third-order valence-corrected chi connectivity index (χ3v) is 4.93. The van der Waals surface area contributed by atoms with E-state index >= 15 is 0 Å². The fourth-order valence-electron chi connectivity index (χ4n) is 1.57. The summed E-state index contributed by atoms with van der Waals surface area (Å²) in [5.41, 5.74) is 0. The Morgan fingerprint density at radius 1 is 1.31 bits per heavy atom. The van der Waals surface area contributed by atoms with Gasteiger partial charge in [0.25, 0.3) is 0 Å². The number of nitrogens with one attached hydrogen (secondary N) is 1. The normalized spacial score (nSPS) is 11.6. The standard InChI is InChI=1S/C12H26N2OS/c1-6-12(7-2,16-5)10-13-9-11(15)14(4)8-3/h13H,6-10H2,1-5H3. The molecular formula is C12H26N2OS. The Morgan fingerprint density at radius 3 is 2.25 bits per heavy atom. The Morgan fingerprint density at radius 2 is 1.88 bits per heavy atom. The van der Waals surface area contributed by atoms with Crippen molar-refractivity contribution in [1.82, 2.24) is 10.2 Å². The highest BCUT2D eigenvalue weighted by Gasteiger charge is 2.24. The van der Waals surface area contributed by atoms with Gasteiger partial charge in [0.05, 0.1) is 6.54 Å². The molecule has 3 nitrogen and oxygen atoms in total. The van der Waals surface area contributed by atoms with Gasteiger partial charge in [0.15, 0.2) is 0 Å². The van der Waals surface area contributed by atoms with Crippen LogP contribution in [0.15, 0.2) is 0 Å². The summed E-state index contributed by atoms with van der Waals surface area (Å²) in [6, 6.07) is 0. The zero-order valence-electron chi connectivity index (χ0n) is 11.3. The lowest BCUT2D eigenvalue weighted by Crippen LogP contribution is -2.42. The van der Waals surface area contributed by atoms with Crippen LogP contribution < -0.4 is 5.32 Å². The first-order valence-electron chi connectivity index (χ1n) is 6.05. The van der Waals surface area contributed by atoms with E-state index in [1.54, 1.807) is 4.90 Å². The number of rotatable bonds is 8. The molecule has 0 heterocycles. The lowest BCUT2D eigenvalue weighted by Gasteiger charge is -2.30. The van der Waals surface area contributed by atoms with Crippen LogP contribution in [-0.2, 0) is 4.79 Å². The van der Waals surface area contributed by atoms with E-state index in [9.17, 15) is 4.79 Å². The molecule has 0 unspecified atom stereocenters. The molecule has 4 heteroatoms. The average Bonchev–Trinajstić information content (AvgIpc) is 2.34. The Labute approximate surface area is 104 Å². The van der Waals surface area contributed by atoms with Gasteiger partial charge in [-0.25, -0.2) is 0 Å². The molecule has 0 aliphatic heterocycles. The van der Waals surface area contributed by atoms with Crippen LogP contribution in [0, 0.1) is 0 Å². The molecule has 0 aromatic carbocycles. The second-order valence-electron chi connectivity index (χ2n) is 4.11. The molecular weight excluding hydrogens is 220 g/mol. The number of hydrogen-bond donors (Lipinski definition) is 1. The molecule has 0 rings (SSSR count). The fraction of sp³-hybridized carbons (Fsp3) is 0.917. The van der Waals surface area contributed by atoms with Crippen LogP contribution in [0.3, 0.4) is 0 Å². The van der Waals surface area contributed by atoms with Gasteiger partial charge in [-0.2, -0.15) is 11.8 Å². The molecule has 0 aromatic heterocycles. The molecule has 0 bridgehead atoms. The van der Waals surface area contributed by atoms with Crippen molar-refractivity contribution in [2.75, 3.05) is 32.9 Å². The third-order valence-electron chi connectivity index (χ3n) is 3.35. The first kappa shape index (κ1) is 15.8. The summed E-state index contributed by atoms with van der Waals surface area (Å²) in [6.45, 7) is 8.54. The maximum Gasteiger partial charge on any atom is 0.236 e. The summed E-state index contributed by atoms with van der Waals surface area (Å²) in [7, 11) is 1.84. The van der Waals surface area contributed by atoms with Crippen LogP contribution >= 0.6 is 11.8 Å². The van der Waals surface area contributed by atoms with Crippen molar-refractivity contribution < 1.29 is 4.79 Å². The van der Waals surface area contributed by atoms with Gasteiger partial charge in [-0.15, -0.1) is 0 Å². The first-order chi connectivity index (χ1) is 7.55. The van der Waals surface area contributed by atoms with E-state index in [-0.39, 0.29) is 10.7 Å². The largest absolute Gasteiger partial charge is 0.345 e. The van der Waals surface area contributed by atoms with Crippen LogP contribution in [0.4, 0.5) is 0 Å². The van der Waals surface area contributed by atoms with Gasteiger partial charge < -0.3 is 10.2 Å². The molecule has 0 atom stereocenters. The number of likely N-dealkylation sites (N-methyl/N-ethyl adjacent to an activating group) is 1. The molecule has 0 aromatic rings. The fourth-order valence-corrected chi connectivity index (χ4v) is 2.39. The van der Waals surface area contributed by atoms with Gasteiger partial charge in [-0.1, -0.05) is 13.8 Å². The quantitative estimate of drug-likeness (QED) is 0.711.